The minimum absolute atomic E-state index is 0.0508. The molecule has 0 bridgehead atoms. The summed E-state index contributed by atoms with van der Waals surface area (Å²) in [4.78, 5) is 0. The SMILES string of the molecule is C/C=C\C(=C/N)C1=CNC(c2ccc3c4ccc5cc(-c6cccc(/C(C)=C/C=C\N)c6)ccc5c4n(-c4ccccc4)c3c2)C=C1. The summed E-state index contributed by atoms with van der Waals surface area (Å²) in [5.74, 6) is 0. The van der Waals surface area contributed by atoms with Gasteiger partial charge in [-0.3, -0.25) is 0 Å². The molecule has 1 unspecified atom stereocenters. The van der Waals surface area contributed by atoms with Gasteiger partial charge >= 0.3 is 0 Å². The molecule has 230 valence electrons. The summed E-state index contributed by atoms with van der Waals surface area (Å²) in [6.45, 7) is 4.11. The van der Waals surface area contributed by atoms with Crippen LogP contribution in [0, 0.1) is 0 Å². The van der Waals surface area contributed by atoms with Gasteiger partial charge in [0.05, 0.1) is 17.1 Å². The fourth-order valence-electron chi connectivity index (χ4n) is 6.61. The van der Waals surface area contributed by atoms with Crippen LogP contribution in [0.4, 0.5) is 0 Å². The van der Waals surface area contributed by atoms with Gasteiger partial charge in [-0.25, -0.2) is 0 Å². The lowest BCUT2D eigenvalue weighted by Gasteiger charge is -2.20. The van der Waals surface area contributed by atoms with E-state index in [4.69, 9.17) is 11.5 Å². The second-order valence-electron chi connectivity index (χ2n) is 11.9. The summed E-state index contributed by atoms with van der Waals surface area (Å²) in [7, 11) is 0. The smallest absolute Gasteiger partial charge is 0.0696 e. The average molecular weight is 611 g/mol. The van der Waals surface area contributed by atoms with Crippen LogP contribution in [-0.4, -0.2) is 4.57 Å². The van der Waals surface area contributed by atoms with Crippen molar-refractivity contribution in [2.75, 3.05) is 0 Å². The highest BCUT2D eigenvalue weighted by atomic mass is 15.0. The zero-order valence-corrected chi connectivity index (χ0v) is 26.7. The lowest BCUT2D eigenvalue weighted by molar-refractivity contribution is 0.741. The molecule has 6 aromatic rings. The Morgan fingerprint density at radius 1 is 0.809 bits per heavy atom. The van der Waals surface area contributed by atoms with Crippen molar-refractivity contribution in [3.63, 3.8) is 0 Å². The largest absolute Gasteiger partial charge is 0.405 e. The van der Waals surface area contributed by atoms with E-state index in [0.29, 0.717) is 0 Å². The van der Waals surface area contributed by atoms with Crippen molar-refractivity contribution in [1.29, 1.82) is 0 Å². The number of fused-ring (bicyclic) bond motifs is 5. The van der Waals surface area contributed by atoms with Gasteiger partial charge < -0.3 is 21.4 Å². The Morgan fingerprint density at radius 3 is 2.38 bits per heavy atom. The first-order chi connectivity index (χ1) is 23.1. The van der Waals surface area contributed by atoms with Crippen molar-refractivity contribution in [2.24, 2.45) is 11.5 Å². The highest BCUT2D eigenvalue weighted by Gasteiger charge is 2.18. The van der Waals surface area contributed by atoms with Crippen LogP contribution in [0.1, 0.15) is 31.0 Å². The zero-order chi connectivity index (χ0) is 32.3. The van der Waals surface area contributed by atoms with Crippen molar-refractivity contribution in [3.8, 4) is 16.8 Å². The van der Waals surface area contributed by atoms with Crippen LogP contribution in [0.25, 0.3) is 55.0 Å². The third kappa shape index (κ3) is 5.55. The van der Waals surface area contributed by atoms with Gasteiger partial charge in [0.1, 0.15) is 0 Å². The Balaban J connectivity index is 1.35. The molecule has 0 saturated carbocycles. The molecule has 2 heterocycles. The predicted octanol–water partition coefficient (Wildman–Crippen LogP) is 9.98. The number of benzene rings is 5. The van der Waals surface area contributed by atoms with E-state index in [0.717, 1.165) is 16.8 Å². The van der Waals surface area contributed by atoms with Crippen LogP contribution in [0.15, 0.2) is 169 Å². The average Bonchev–Trinajstić information content (AvgIpc) is 3.47. The predicted molar refractivity (Wildman–Crippen MR) is 201 cm³/mol. The molecule has 0 amide bonds. The third-order valence-corrected chi connectivity index (χ3v) is 9.00. The summed E-state index contributed by atoms with van der Waals surface area (Å²) in [5, 5.41) is 8.49. The standard InChI is InChI=1S/C43H38N4/c1-3-9-35(27-45)36-18-22-41(46-28-36)34-17-20-39-40-21-16-33-25-32(31-12-7-11-30(24-31)29(2)10-8-23-44)15-19-38(33)43(40)47(42(39)26-34)37-13-5-4-6-14-37/h3-28,41,46H,44-45H2,1-2H3/b9-3-,23-8-,29-10+,35-27+. The lowest BCUT2D eigenvalue weighted by Crippen LogP contribution is -2.17. The molecule has 0 saturated heterocycles. The molecule has 0 spiro atoms. The van der Waals surface area contributed by atoms with Gasteiger partial charge in [-0.2, -0.15) is 0 Å². The van der Waals surface area contributed by atoms with E-state index in [1.807, 2.05) is 31.2 Å². The quantitative estimate of drug-likeness (QED) is 0.158. The molecule has 0 fully saturated rings. The van der Waals surface area contributed by atoms with Crippen LogP contribution in [-0.2, 0) is 0 Å². The Labute approximate surface area is 276 Å². The Hall–Kier alpha value is -6.00. The minimum Gasteiger partial charge on any atom is -0.405 e. The first-order valence-corrected chi connectivity index (χ1v) is 16.0. The molecule has 4 heteroatoms. The van der Waals surface area contributed by atoms with Gasteiger partial charge in [0.15, 0.2) is 0 Å². The lowest BCUT2D eigenvalue weighted by atomic mass is 9.96. The fraction of sp³-hybridized carbons (Fsp3) is 0.0698. The number of aromatic nitrogens is 1. The molecule has 4 nitrogen and oxygen atoms in total. The molecule has 1 aliphatic rings. The van der Waals surface area contributed by atoms with E-state index in [9.17, 15) is 0 Å². The maximum atomic E-state index is 5.89. The van der Waals surface area contributed by atoms with E-state index in [2.05, 4.69) is 138 Å². The second-order valence-corrected chi connectivity index (χ2v) is 11.9. The monoisotopic (exact) mass is 610 g/mol. The van der Waals surface area contributed by atoms with Crippen LogP contribution < -0.4 is 16.8 Å². The van der Waals surface area contributed by atoms with Gasteiger partial charge in [0, 0.05) is 34.2 Å². The Bertz CT molecular complexity index is 2310. The number of allylic oxidation sites excluding steroid dienone is 8. The van der Waals surface area contributed by atoms with Crippen LogP contribution in [0.5, 0.6) is 0 Å². The maximum Gasteiger partial charge on any atom is 0.0696 e. The molecule has 47 heavy (non-hydrogen) atoms. The van der Waals surface area contributed by atoms with Crippen LogP contribution in [0.2, 0.25) is 0 Å². The molecule has 0 radical (unpaired) electrons. The third-order valence-electron chi connectivity index (χ3n) is 9.00. The summed E-state index contributed by atoms with van der Waals surface area (Å²) < 4.78 is 2.42. The van der Waals surface area contributed by atoms with Gasteiger partial charge in [0.25, 0.3) is 0 Å². The first kappa shape index (κ1) is 29.7. The van der Waals surface area contributed by atoms with Crippen molar-refractivity contribution < 1.29 is 0 Å². The zero-order valence-electron chi connectivity index (χ0n) is 26.7. The van der Waals surface area contributed by atoms with E-state index < -0.39 is 0 Å². The molecule has 5 N–H and O–H groups in total. The number of dihydropyridines is 1. The topological polar surface area (TPSA) is 69.0 Å². The molecule has 0 aliphatic carbocycles. The van der Waals surface area contributed by atoms with Crippen molar-refractivity contribution in [3.05, 3.63) is 180 Å². The number of rotatable bonds is 7. The normalized spacial score (nSPS) is 15.7. The summed E-state index contributed by atoms with van der Waals surface area (Å²) in [6.07, 6.45) is 17.5. The fourth-order valence-corrected chi connectivity index (χ4v) is 6.61. The van der Waals surface area contributed by atoms with Crippen molar-refractivity contribution in [2.45, 2.75) is 19.9 Å². The summed E-state index contributed by atoms with van der Waals surface area (Å²) in [6, 6.07) is 37.6. The van der Waals surface area contributed by atoms with Gasteiger partial charge in [-0.05, 0) is 101 Å². The van der Waals surface area contributed by atoms with E-state index in [1.54, 1.807) is 12.4 Å². The molecule has 1 atom stereocenters. The second kappa shape index (κ2) is 12.8. The maximum absolute atomic E-state index is 5.89. The van der Waals surface area contributed by atoms with Gasteiger partial charge in [-0.1, -0.05) is 103 Å². The first-order valence-electron chi connectivity index (χ1n) is 16.0. The Morgan fingerprint density at radius 2 is 1.62 bits per heavy atom. The van der Waals surface area contributed by atoms with E-state index in [1.165, 1.54) is 60.4 Å². The molecule has 1 aliphatic heterocycles. The van der Waals surface area contributed by atoms with Crippen LogP contribution in [0.3, 0.4) is 0 Å². The number of nitrogens with two attached hydrogens (primary N) is 2. The summed E-state index contributed by atoms with van der Waals surface area (Å²) >= 11 is 0. The number of nitrogens with one attached hydrogen (secondary N) is 1. The molecular formula is C43H38N4. The Kier molecular flexibility index (Phi) is 8.07. The number of hydrogen-bond acceptors (Lipinski definition) is 3. The number of nitrogens with zero attached hydrogens (tertiary/aromatic N) is 1. The van der Waals surface area contributed by atoms with Crippen molar-refractivity contribution >= 4 is 38.2 Å². The summed E-state index contributed by atoms with van der Waals surface area (Å²) in [5.41, 5.74) is 23.0. The number of hydrogen-bond donors (Lipinski definition) is 3. The van der Waals surface area contributed by atoms with Gasteiger partial charge in [-0.15, -0.1) is 0 Å². The highest BCUT2D eigenvalue weighted by molar-refractivity contribution is 6.19. The minimum atomic E-state index is 0.0508. The van der Waals surface area contributed by atoms with Crippen LogP contribution >= 0.6 is 0 Å². The highest BCUT2D eigenvalue weighted by Crippen LogP contribution is 2.39. The van der Waals surface area contributed by atoms with E-state index in [-0.39, 0.29) is 6.04 Å². The molecule has 5 aromatic carbocycles. The van der Waals surface area contributed by atoms with E-state index >= 15 is 0 Å². The molecule has 1 aromatic heterocycles. The molecular weight excluding hydrogens is 573 g/mol. The van der Waals surface area contributed by atoms with Crippen molar-refractivity contribution in [1.82, 2.24) is 9.88 Å². The van der Waals surface area contributed by atoms with Gasteiger partial charge in [0.2, 0.25) is 0 Å². The molecule has 7 rings (SSSR count). The number of para-hydroxylation sites is 1.